The van der Waals surface area contributed by atoms with E-state index in [2.05, 4.69) is 20.2 Å². The molecule has 1 saturated heterocycles. The molecule has 7 heteroatoms. The Hall–Kier alpha value is -1.11. The average molecular weight is 326 g/mol. The fourth-order valence-electron chi connectivity index (χ4n) is 2.89. The predicted octanol–water partition coefficient (Wildman–Crippen LogP) is 0.778. The van der Waals surface area contributed by atoms with Crippen LogP contribution in [0.4, 0.5) is 0 Å². The maximum Gasteiger partial charge on any atom is 0.234 e. The van der Waals surface area contributed by atoms with Gasteiger partial charge in [0, 0.05) is 51.4 Å². The van der Waals surface area contributed by atoms with Crippen LogP contribution >= 0.6 is 11.6 Å². The van der Waals surface area contributed by atoms with Crippen LogP contribution in [0, 0.1) is 6.92 Å². The van der Waals surface area contributed by atoms with Crippen molar-refractivity contribution in [3.8, 4) is 0 Å². The maximum atomic E-state index is 11.8. The molecule has 22 heavy (non-hydrogen) atoms. The number of rotatable bonds is 5. The van der Waals surface area contributed by atoms with Gasteiger partial charge in [0.1, 0.15) is 5.15 Å². The minimum Gasteiger partial charge on any atom is -0.352 e. The first-order valence-corrected chi connectivity index (χ1v) is 8.33. The van der Waals surface area contributed by atoms with Crippen LogP contribution in [-0.4, -0.2) is 64.3 Å². The second-order valence-electron chi connectivity index (χ2n) is 6.37. The summed E-state index contributed by atoms with van der Waals surface area (Å²) in [4.78, 5) is 16.4. The molecule has 1 aliphatic carbocycles. The number of carbonyl (C=O) groups is 1. The van der Waals surface area contributed by atoms with E-state index in [0.29, 0.717) is 12.6 Å². The van der Waals surface area contributed by atoms with Crippen LogP contribution in [0.5, 0.6) is 0 Å². The summed E-state index contributed by atoms with van der Waals surface area (Å²) in [5.41, 5.74) is 2.11. The number of halogens is 1. The minimum absolute atomic E-state index is 0.169. The molecule has 1 amide bonds. The third-order valence-corrected chi connectivity index (χ3v) is 4.90. The van der Waals surface area contributed by atoms with Crippen molar-refractivity contribution in [2.24, 2.45) is 7.05 Å². The summed E-state index contributed by atoms with van der Waals surface area (Å²) in [5.74, 6) is 0.169. The molecule has 1 aromatic heterocycles. The lowest BCUT2D eigenvalue weighted by molar-refractivity contribution is -0.122. The topological polar surface area (TPSA) is 53.4 Å². The summed E-state index contributed by atoms with van der Waals surface area (Å²) in [6, 6.07) is 0.449. The Kier molecular flexibility index (Phi) is 4.70. The second-order valence-corrected chi connectivity index (χ2v) is 6.73. The zero-order valence-corrected chi connectivity index (χ0v) is 14.1. The van der Waals surface area contributed by atoms with Crippen LogP contribution in [0.3, 0.4) is 0 Å². The van der Waals surface area contributed by atoms with Crippen molar-refractivity contribution >= 4 is 17.5 Å². The molecule has 1 saturated carbocycles. The van der Waals surface area contributed by atoms with Crippen molar-refractivity contribution in [3.63, 3.8) is 0 Å². The van der Waals surface area contributed by atoms with E-state index in [-0.39, 0.29) is 5.91 Å². The minimum atomic E-state index is 0.169. The first-order chi connectivity index (χ1) is 10.5. The van der Waals surface area contributed by atoms with Crippen molar-refractivity contribution in [2.75, 3.05) is 32.7 Å². The molecule has 1 aliphatic heterocycles. The van der Waals surface area contributed by atoms with Gasteiger partial charge in [0.25, 0.3) is 0 Å². The highest BCUT2D eigenvalue weighted by Gasteiger charge is 2.25. The summed E-state index contributed by atoms with van der Waals surface area (Å²) in [6.07, 6.45) is 2.29. The van der Waals surface area contributed by atoms with Gasteiger partial charge in [-0.25, -0.2) is 0 Å². The molecule has 0 bridgehead atoms. The lowest BCUT2D eigenvalue weighted by Gasteiger charge is -2.34. The zero-order chi connectivity index (χ0) is 15.7. The Morgan fingerprint density at radius 3 is 2.45 bits per heavy atom. The van der Waals surface area contributed by atoms with Gasteiger partial charge in [0.2, 0.25) is 5.91 Å². The molecular formula is C15H24ClN5O. The van der Waals surface area contributed by atoms with E-state index in [1.807, 2.05) is 14.0 Å². The predicted molar refractivity (Wildman–Crippen MR) is 85.8 cm³/mol. The summed E-state index contributed by atoms with van der Waals surface area (Å²) in [7, 11) is 1.87. The highest BCUT2D eigenvalue weighted by Crippen LogP contribution is 2.21. The first-order valence-electron chi connectivity index (χ1n) is 7.95. The molecule has 2 aliphatic rings. The molecule has 3 rings (SSSR count). The van der Waals surface area contributed by atoms with Gasteiger partial charge in [-0.1, -0.05) is 11.6 Å². The van der Waals surface area contributed by atoms with Crippen molar-refractivity contribution < 1.29 is 4.79 Å². The molecule has 0 atom stereocenters. The Labute approximate surface area is 136 Å². The Bertz CT molecular complexity index is 546. The van der Waals surface area contributed by atoms with Gasteiger partial charge in [-0.3, -0.25) is 19.3 Å². The normalized spacial score (nSPS) is 20.3. The van der Waals surface area contributed by atoms with Crippen LogP contribution in [0.15, 0.2) is 0 Å². The lowest BCUT2D eigenvalue weighted by Crippen LogP contribution is -2.49. The van der Waals surface area contributed by atoms with Gasteiger partial charge in [-0.15, -0.1) is 0 Å². The smallest absolute Gasteiger partial charge is 0.234 e. The highest BCUT2D eigenvalue weighted by atomic mass is 35.5. The molecule has 0 unspecified atom stereocenters. The number of carbonyl (C=O) groups excluding carboxylic acids is 1. The summed E-state index contributed by atoms with van der Waals surface area (Å²) in [5, 5.41) is 8.13. The van der Waals surface area contributed by atoms with Gasteiger partial charge in [0.05, 0.1) is 12.2 Å². The van der Waals surface area contributed by atoms with Gasteiger partial charge in [0.15, 0.2) is 0 Å². The van der Waals surface area contributed by atoms with E-state index in [1.54, 1.807) is 4.68 Å². The fourth-order valence-corrected chi connectivity index (χ4v) is 3.12. The number of nitrogens with zero attached hydrogens (tertiary/aromatic N) is 4. The quantitative estimate of drug-likeness (QED) is 0.869. The van der Waals surface area contributed by atoms with Crippen LogP contribution < -0.4 is 5.32 Å². The van der Waals surface area contributed by atoms with E-state index >= 15 is 0 Å². The molecule has 0 aromatic carbocycles. The zero-order valence-electron chi connectivity index (χ0n) is 13.3. The van der Waals surface area contributed by atoms with Crippen molar-refractivity contribution in [1.82, 2.24) is 24.9 Å². The van der Waals surface area contributed by atoms with Crippen molar-refractivity contribution in [2.45, 2.75) is 32.4 Å². The van der Waals surface area contributed by atoms with Gasteiger partial charge < -0.3 is 5.32 Å². The average Bonchev–Trinajstić information content (AvgIpc) is 3.25. The Balaban J connectivity index is 1.46. The molecule has 6 nitrogen and oxygen atoms in total. The molecule has 0 spiro atoms. The van der Waals surface area contributed by atoms with E-state index in [9.17, 15) is 4.79 Å². The Morgan fingerprint density at radius 1 is 1.27 bits per heavy atom. The number of amides is 1. The molecule has 0 radical (unpaired) electrons. The van der Waals surface area contributed by atoms with E-state index < -0.39 is 0 Å². The van der Waals surface area contributed by atoms with E-state index in [1.165, 1.54) is 0 Å². The highest BCUT2D eigenvalue weighted by molar-refractivity contribution is 6.30. The standard InChI is InChI=1S/C15H24ClN5O/c1-11-13(15(16)19(2)18-11)9-20-5-7-21(8-6-20)10-14(22)17-12-3-4-12/h12H,3-10H2,1-2H3,(H,17,22). The van der Waals surface area contributed by atoms with Crippen LogP contribution in [0.1, 0.15) is 24.1 Å². The fraction of sp³-hybridized carbons (Fsp3) is 0.733. The number of hydrogen-bond donors (Lipinski definition) is 1. The largest absolute Gasteiger partial charge is 0.352 e. The summed E-state index contributed by atoms with van der Waals surface area (Å²) in [6.45, 7) is 7.13. The number of hydrogen-bond acceptors (Lipinski definition) is 4. The monoisotopic (exact) mass is 325 g/mol. The van der Waals surface area contributed by atoms with Gasteiger partial charge in [-0.2, -0.15) is 5.10 Å². The van der Waals surface area contributed by atoms with Gasteiger partial charge >= 0.3 is 0 Å². The SMILES string of the molecule is Cc1nn(C)c(Cl)c1CN1CCN(CC(=O)NC2CC2)CC1. The third kappa shape index (κ3) is 3.80. The second kappa shape index (κ2) is 6.56. The molecule has 2 heterocycles. The molecule has 122 valence electrons. The Morgan fingerprint density at radius 2 is 1.91 bits per heavy atom. The molecule has 1 aromatic rings. The number of piperazine rings is 1. The number of nitrogens with one attached hydrogen (secondary N) is 1. The van der Waals surface area contributed by atoms with Crippen LogP contribution in [-0.2, 0) is 18.4 Å². The van der Waals surface area contributed by atoms with E-state index in [0.717, 1.165) is 62.0 Å². The van der Waals surface area contributed by atoms with E-state index in [4.69, 9.17) is 11.6 Å². The third-order valence-electron chi connectivity index (χ3n) is 4.43. The van der Waals surface area contributed by atoms with Crippen molar-refractivity contribution in [3.05, 3.63) is 16.4 Å². The maximum absolute atomic E-state index is 11.8. The summed E-state index contributed by atoms with van der Waals surface area (Å²) < 4.78 is 1.73. The molecular weight excluding hydrogens is 302 g/mol. The number of aryl methyl sites for hydroxylation is 2. The lowest BCUT2D eigenvalue weighted by atomic mass is 10.2. The molecule has 2 fully saturated rings. The summed E-state index contributed by atoms with van der Waals surface area (Å²) >= 11 is 6.30. The first kappa shape index (κ1) is 15.8. The molecule has 1 N–H and O–H groups in total. The number of aromatic nitrogens is 2. The van der Waals surface area contributed by atoms with Gasteiger partial charge in [-0.05, 0) is 19.8 Å². The van der Waals surface area contributed by atoms with Crippen molar-refractivity contribution in [1.29, 1.82) is 0 Å². The van der Waals surface area contributed by atoms with Crippen LogP contribution in [0.2, 0.25) is 5.15 Å². The van der Waals surface area contributed by atoms with Crippen LogP contribution in [0.25, 0.3) is 0 Å².